The molecule has 35 heavy (non-hydrogen) atoms. The molecule has 1 aliphatic heterocycles. The topological polar surface area (TPSA) is 104 Å². The van der Waals surface area contributed by atoms with Crippen molar-refractivity contribution >= 4 is 40.7 Å². The van der Waals surface area contributed by atoms with Crippen molar-refractivity contribution in [3.63, 3.8) is 0 Å². The minimum Gasteiger partial charge on any atom is -0.494 e. The Labute approximate surface area is 205 Å². The maximum Gasteiger partial charge on any atom is 0.247 e. The number of methoxy groups -OCH3 is 1. The smallest absolute Gasteiger partial charge is 0.247 e. The second-order valence-electron chi connectivity index (χ2n) is 8.29. The highest BCUT2D eigenvalue weighted by atomic mass is 16.5. The summed E-state index contributed by atoms with van der Waals surface area (Å²) in [6.45, 7) is 5.08. The van der Waals surface area contributed by atoms with Gasteiger partial charge in [-0.05, 0) is 43.9 Å². The third kappa shape index (κ3) is 5.82. The van der Waals surface area contributed by atoms with Crippen LogP contribution in [0.25, 0.3) is 11.3 Å². The minimum absolute atomic E-state index is 0.304. The number of anilines is 4. The quantitative estimate of drug-likeness (QED) is 0.380. The van der Waals surface area contributed by atoms with Gasteiger partial charge >= 0.3 is 0 Å². The highest BCUT2D eigenvalue weighted by Gasteiger charge is 2.14. The zero-order chi connectivity index (χ0) is 24.8. The molecule has 0 saturated carbocycles. The van der Waals surface area contributed by atoms with Crippen LogP contribution in [0.15, 0.2) is 60.4 Å². The summed E-state index contributed by atoms with van der Waals surface area (Å²) in [5, 5.41) is 9.53. The lowest BCUT2D eigenvalue weighted by atomic mass is 10.1. The van der Waals surface area contributed by atoms with Crippen molar-refractivity contribution in [1.82, 2.24) is 14.9 Å². The molecule has 2 aromatic carbocycles. The lowest BCUT2D eigenvalue weighted by molar-refractivity contribution is -0.111. The number of nitrogens with zero attached hydrogens (tertiary/aromatic N) is 4. The van der Waals surface area contributed by atoms with Gasteiger partial charge in [0.1, 0.15) is 17.9 Å². The van der Waals surface area contributed by atoms with E-state index in [9.17, 15) is 4.79 Å². The summed E-state index contributed by atoms with van der Waals surface area (Å²) in [4.78, 5) is 27.3. The Morgan fingerprint density at radius 3 is 2.77 bits per heavy atom. The van der Waals surface area contributed by atoms with E-state index in [1.165, 1.54) is 18.0 Å². The molecule has 0 atom stereocenters. The van der Waals surface area contributed by atoms with Crippen LogP contribution in [0.1, 0.15) is 5.56 Å². The molecule has 0 unspecified atom stereocenters. The number of hydrogen-bond donors (Lipinski definition) is 3. The number of likely N-dealkylation sites (N-methyl/N-ethyl adjacent to an activating group) is 1. The normalized spacial score (nSPS) is 11.8. The third-order valence-electron chi connectivity index (χ3n) is 5.50. The highest BCUT2D eigenvalue weighted by molar-refractivity contribution is 6.02. The molecule has 9 nitrogen and oxygen atoms in total. The first-order valence-electron chi connectivity index (χ1n) is 11.3. The molecule has 1 aromatic heterocycles. The van der Waals surface area contributed by atoms with Gasteiger partial charge in [0.05, 0.1) is 35.6 Å². The first-order chi connectivity index (χ1) is 17.0. The number of rotatable bonds is 10. The largest absolute Gasteiger partial charge is 0.494 e. The molecule has 180 valence electrons. The summed E-state index contributed by atoms with van der Waals surface area (Å²) in [6.07, 6.45) is 5.49. The Hall–Kier alpha value is -4.24. The maximum atomic E-state index is 12.1. The van der Waals surface area contributed by atoms with Gasteiger partial charge < -0.3 is 25.6 Å². The molecule has 4 rings (SSSR count). The summed E-state index contributed by atoms with van der Waals surface area (Å²) >= 11 is 0. The Morgan fingerprint density at radius 2 is 2.00 bits per heavy atom. The molecule has 1 aliphatic rings. The van der Waals surface area contributed by atoms with Crippen LogP contribution < -0.4 is 20.7 Å². The fourth-order valence-electron chi connectivity index (χ4n) is 3.69. The summed E-state index contributed by atoms with van der Waals surface area (Å²) in [6, 6.07) is 11.6. The zero-order valence-corrected chi connectivity index (χ0v) is 20.1. The fourth-order valence-corrected chi connectivity index (χ4v) is 3.69. The first kappa shape index (κ1) is 23.9. The van der Waals surface area contributed by atoms with E-state index < -0.39 is 0 Å². The Bertz CT molecular complexity index is 1270. The second kappa shape index (κ2) is 10.8. The van der Waals surface area contributed by atoms with Crippen LogP contribution >= 0.6 is 0 Å². The number of carbonyl (C=O) groups excluding carboxylic acids is 1. The molecule has 0 fully saturated rings. The van der Waals surface area contributed by atoms with Crippen molar-refractivity contribution in [2.75, 3.05) is 50.2 Å². The fraction of sp³-hybridized carbons (Fsp3) is 0.231. The van der Waals surface area contributed by atoms with Crippen LogP contribution in [0.3, 0.4) is 0 Å². The van der Waals surface area contributed by atoms with Gasteiger partial charge in [0.25, 0.3) is 0 Å². The van der Waals surface area contributed by atoms with Crippen LogP contribution in [0.5, 0.6) is 5.75 Å². The average Bonchev–Trinajstić information content (AvgIpc) is 3.33. The number of aromatic nitrogens is 2. The number of hydrogen-bond acceptors (Lipinski definition) is 8. The molecule has 0 saturated heterocycles. The van der Waals surface area contributed by atoms with Crippen molar-refractivity contribution in [2.45, 2.75) is 6.42 Å². The Kier molecular flexibility index (Phi) is 7.37. The van der Waals surface area contributed by atoms with Crippen LogP contribution in [-0.2, 0) is 11.2 Å². The minimum atomic E-state index is -0.304. The summed E-state index contributed by atoms with van der Waals surface area (Å²) in [5.74, 6) is 0.893. The molecule has 0 radical (unpaired) electrons. The zero-order valence-electron chi connectivity index (χ0n) is 20.1. The van der Waals surface area contributed by atoms with Gasteiger partial charge in [-0.15, -0.1) is 0 Å². The number of amides is 1. The third-order valence-corrected chi connectivity index (χ3v) is 5.50. The van der Waals surface area contributed by atoms with Crippen LogP contribution in [0.4, 0.5) is 28.6 Å². The van der Waals surface area contributed by atoms with E-state index in [0.29, 0.717) is 29.5 Å². The van der Waals surface area contributed by atoms with Gasteiger partial charge in [-0.3, -0.25) is 9.79 Å². The van der Waals surface area contributed by atoms with Gasteiger partial charge in [-0.2, -0.15) is 0 Å². The van der Waals surface area contributed by atoms with E-state index in [2.05, 4.69) is 48.5 Å². The molecule has 0 bridgehead atoms. The number of ether oxygens (including phenoxy) is 1. The Morgan fingerprint density at radius 1 is 1.14 bits per heavy atom. The van der Waals surface area contributed by atoms with Crippen molar-refractivity contribution in [2.24, 2.45) is 4.99 Å². The van der Waals surface area contributed by atoms with E-state index in [0.717, 1.165) is 35.6 Å². The van der Waals surface area contributed by atoms with Crippen molar-refractivity contribution in [1.29, 1.82) is 0 Å². The van der Waals surface area contributed by atoms with Gasteiger partial charge in [0.15, 0.2) is 0 Å². The van der Waals surface area contributed by atoms with Gasteiger partial charge in [-0.1, -0.05) is 12.6 Å². The molecule has 3 N–H and O–H groups in total. The number of fused-ring (bicyclic) bond motifs is 1. The molecule has 0 spiro atoms. The van der Waals surface area contributed by atoms with E-state index in [1.807, 2.05) is 50.6 Å². The second-order valence-corrected chi connectivity index (χ2v) is 8.29. The number of carbonyl (C=O) groups is 1. The van der Waals surface area contributed by atoms with Crippen LogP contribution in [0.2, 0.25) is 0 Å². The summed E-state index contributed by atoms with van der Waals surface area (Å²) in [5.41, 5.74) is 5.95. The van der Waals surface area contributed by atoms with Crippen molar-refractivity contribution in [3.8, 4) is 17.0 Å². The van der Waals surface area contributed by atoms with Crippen molar-refractivity contribution in [3.05, 3.63) is 60.9 Å². The summed E-state index contributed by atoms with van der Waals surface area (Å²) in [7, 11) is 5.61. The first-order valence-corrected chi connectivity index (χ1v) is 11.3. The van der Waals surface area contributed by atoms with Gasteiger partial charge in [-0.25, -0.2) is 9.97 Å². The summed E-state index contributed by atoms with van der Waals surface area (Å²) < 4.78 is 5.63. The highest BCUT2D eigenvalue weighted by Crippen LogP contribution is 2.37. The molecule has 3 aromatic rings. The predicted octanol–water partition coefficient (Wildman–Crippen LogP) is 4.25. The van der Waals surface area contributed by atoms with E-state index in [-0.39, 0.29) is 5.91 Å². The molecule has 1 amide bonds. The molecular formula is C26H29N7O2. The van der Waals surface area contributed by atoms with Crippen LogP contribution in [0, 0.1) is 0 Å². The molecule has 2 heterocycles. The molecule has 9 heteroatoms. The molecule has 0 aliphatic carbocycles. The van der Waals surface area contributed by atoms with Crippen molar-refractivity contribution < 1.29 is 9.53 Å². The monoisotopic (exact) mass is 471 g/mol. The van der Waals surface area contributed by atoms with Crippen LogP contribution in [-0.4, -0.2) is 61.3 Å². The van der Waals surface area contributed by atoms with Gasteiger partial charge in [0, 0.05) is 43.4 Å². The van der Waals surface area contributed by atoms with E-state index in [4.69, 9.17) is 4.74 Å². The predicted molar refractivity (Wildman–Crippen MR) is 141 cm³/mol. The number of nitrogens with one attached hydrogen (secondary N) is 3. The maximum absolute atomic E-state index is 12.1. The lowest BCUT2D eigenvalue weighted by Gasteiger charge is -2.19. The number of aliphatic imine (C=N–C) groups is 1. The standard InChI is InChI=1S/C26H29N7O2/c1-5-26(34)32-22-13-23(24(35-4)14-21(22)28-10-11-33(2)3)31-25-15-20(29-16-30-25)17-6-7-19-18(12-17)8-9-27-19/h5-7,9,12-16,28H,1,8,10-11H2,2-4H3,(H,32,34)(H,29,30,31). The lowest BCUT2D eigenvalue weighted by Crippen LogP contribution is -2.21. The SMILES string of the molecule is C=CC(=O)Nc1cc(Nc2cc(-c3ccc4c(c3)CC=N4)ncn2)c(OC)cc1NCCN(C)C. The average molecular weight is 472 g/mol. The van der Waals surface area contributed by atoms with Gasteiger partial charge in [0.2, 0.25) is 5.91 Å². The number of benzene rings is 2. The van der Waals surface area contributed by atoms with E-state index >= 15 is 0 Å². The molecular weight excluding hydrogens is 442 g/mol. The Balaban J connectivity index is 1.62. The van der Waals surface area contributed by atoms with E-state index in [1.54, 1.807) is 7.11 Å².